The normalized spacial score (nSPS) is 14.8. The summed E-state index contributed by atoms with van der Waals surface area (Å²) < 4.78 is 31.3. The molecule has 1 aromatic carbocycles. The Morgan fingerprint density at radius 3 is 2.53 bits per heavy atom. The third kappa shape index (κ3) is 4.65. The molecule has 0 N–H and O–H groups in total. The molecule has 152 valence electrons. The smallest absolute Gasteiger partial charge is 0.243 e. The summed E-state index contributed by atoms with van der Waals surface area (Å²) in [7, 11) is -3.51. The summed E-state index contributed by atoms with van der Waals surface area (Å²) in [6.45, 7) is 2.84. The molecule has 1 fully saturated rings. The lowest BCUT2D eigenvalue weighted by Crippen LogP contribution is -2.36. The average Bonchev–Trinajstić information content (AvgIpc) is 3.29. The molecule has 3 aromatic rings. The first-order chi connectivity index (χ1) is 14.5. The van der Waals surface area contributed by atoms with Crippen LogP contribution in [-0.4, -0.2) is 40.4 Å². The first-order valence-corrected chi connectivity index (χ1v) is 11.8. The van der Waals surface area contributed by atoms with Crippen LogP contribution in [0.4, 0.5) is 0 Å². The Morgan fingerprint density at radius 2 is 1.87 bits per heavy atom. The predicted octanol–water partition coefficient (Wildman–Crippen LogP) is 3.67. The van der Waals surface area contributed by atoms with Gasteiger partial charge in [-0.3, -0.25) is 0 Å². The number of pyridine rings is 1. The Balaban J connectivity index is 1.41. The fraction of sp³-hybridized carbons (Fsp3) is 0.227. The van der Waals surface area contributed by atoms with Crippen LogP contribution in [0.3, 0.4) is 0 Å². The molecule has 6 nitrogen and oxygen atoms in total. The molecule has 0 unspecified atom stereocenters. The lowest BCUT2D eigenvalue weighted by molar-refractivity contribution is 0.387. The minimum atomic E-state index is -3.51. The molecule has 1 aliphatic rings. The van der Waals surface area contributed by atoms with E-state index in [9.17, 15) is 8.42 Å². The maximum atomic E-state index is 13.0. The van der Waals surface area contributed by atoms with Crippen molar-refractivity contribution in [1.82, 2.24) is 18.9 Å². The number of piperidine rings is 1. The standard InChI is InChI=1S/C22H20N4O2S2/c1-17-4-2-6-20(23-17)7-3-5-18-12-14-26(15-13-18)30(27,28)21-10-8-19(9-11-21)22-16-29-25-24-22/h2,4-6,8-11,16H,12-15H2,1H3. The molecule has 1 aliphatic heterocycles. The van der Waals surface area contributed by atoms with E-state index < -0.39 is 10.0 Å². The van der Waals surface area contributed by atoms with E-state index in [1.54, 1.807) is 28.6 Å². The van der Waals surface area contributed by atoms with Crippen LogP contribution in [-0.2, 0) is 10.0 Å². The summed E-state index contributed by atoms with van der Waals surface area (Å²) >= 11 is 1.27. The molecule has 0 radical (unpaired) electrons. The van der Waals surface area contributed by atoms with E-state index in [4.69, 9.17) is 0 Å². The first kappa shape index (κ1) is 20.4. The largest absolute Gasteiger partial charge is 0.245 e. The van der Waals surface area contributed by atoms with E-state index in [1.165, 1.54) is 11.5 Å². The van der Waals surface area contributed by atoms with Crippen molar-refractivity contribution in [3.05, 3.63) is 70.9 Å². The van der Waals surface area contributed by atoms with E-state index in [1.807, 2.05) is 36.6 Å². The minimum Gasteiger partial charge on any atom is -0.245 e. The number of sulfonamides is 1. The Bertz CT molecular complexity index is 1210. The number of aromatic nitrogens is 3. The van der Waals surface area contributed by atoms with Crippen LogP contribution in [0.15, 0.2) is 64.4 Å². The summed E-state index contributed by atoms with van der Waals surface area (Å²) in [6.07, 6.45) is 3.25. The quantitative estimate of drug-likeness (QED) is 0.586. The molecule has 0 amide bonds. The molecule has 4 rings (SSSR count). The number of allylic oxidation sites excluding steroid dienone is 1. The molecule has 2 aromatic heterocycles. The lowest BCUT2D eigenvalue weighted by Gasteiger charge is -2.27. The Morgan fingerprint density at radius 1 is 1.10 bits per heavy atom. The number of benzene rings is 1. The van der Waals surface area contributed by atoms with Crippen LogP contribution in [0.1, 0.15) is 24.2 Å². The van der Waals surface area contributed by atoms with Crippen molar-refractivity contribution in [2.75, 3.05) is 13.1 Å². The maximum absolute atomic E-state index is 13.0. The Labute approximate surface area is 180 Å². The lowest BCUT2D eigenvalue weighted by atomic mass is 10.1. The van der Waals surface area contributed by atoms with Gasteiger partial charge in [-0.05, 0) is 67.6 Å². The zero-order valence-electron chi connectivity index (χ0n) is 16.4. The summed E-state index contributed by atoms with van der Waals surface area (Å²) in [6, 6.07) is 12.6. The minimum absolute atomic E-state index is 0.298. The van der Waals surface area contributed by atoms with Gasteiger partial charge in [0, 0.05) is 29.7 Å². The summed E-state index contributed by atoms with van der Waals surface area (Å²) in [5.41, 5.74) is 4.44. The van der Waals surface area contributed by atoms with Crippen molar-refractivity contribution < 1.29 is 8.42 Å². The number of nitrogens with zero attached hydrogens (tertiary/aromatic N) is 4. The Hall–Kier alpha value is -2.86. The number of hydrogen-bond donors (Lipinski definition) is 0. The van der Waals surface area contributed by atoms with Crippen molar-refractivity contribution in [3.63, 3.8) is 0 Å². The average molecular weight is 437 g/mol. The summed E-state index contributed by atoms with van der Waals surface area (Å²) in [5.74, 6) is 6.09. The van der Waals surface area contributed by atoms with Gasteiger partial charge < -0.3 is 0 Å². The van der Waals surface area contributed by atoms with Gasteiger partial charge in [-0.2, -0.15) is 4.31 Å². The van der Waals surface area contributed by atoms with Crippen molar-refractivity contribution in [3.8, 4) is 23.1 Å². The van der Waals surface area contributed by atoms with Crippen LogP contribution in [0.2, 0.25) is 0 Å². The molecule has 30 heavy (non-hydrogen) atoms. The highest BCUT2D eigenvalue weighted by molar-refractivity contribution is 7.89. The predicted molar refractivity (Wildman–Crippen MR) is 117 cm³/mol. The highest BCUT2D eigenvalue weighted by atomic mass is 32.2. The fourth-order valence-corrected chi connectivity index (χ4v) is 5.13. The number of rotatable bonds is 3. The molecule has 0 saturated carbocycles. The van der Waals surface area contributed by atoms with E-state index in [-0.39, 0.29) is 0 Å². The molecule has 1 saturated heterocycles. The van der Waals surface area contributed by atoms with Crippen LogP contribution in [0, 0.1) is 18.8 Å². The second kappa shape index (κ2) is 8.88. The summed E-state index contributed by atoms with van der Waals surface area (Å²) in [4.78, 5) is 4.66. The van der Waals surface area contributed by atoms with Crippen LogP contribution >= 0.6 is 11.5 Å². The molecule has 8 heteroatoms. The zero-order valence-corrected chi connectivity index (χ0v) is 18.1. The van der Waals surface area contributed by atoms with Gasteiger partial charge in [-0.1, -0.05) is 34.2 Å². The van der Waals surface area contributed by atoms with Crippen LogP contribution in [0.25, 0.3) is 11.3 Å². The van der Waals surface area contributed by atoms with Gasteiger partial charge in [-0.25, -0.2) is 13.4 Å². The summed E-state index contributed by atoms with van der Waals surface area (Å²) in [5, 5.41) is 5.85. The second-order valence-corrected chi connectivity index (χ2v) is 9.50. The van der Waals surface area contributed by atoms with Gasteiger partial charge in [0.2, 0.25) is 10.0 Å². The van der Waals surface area contributed by atoms with E-state index >= 15 is 0 Å². The third-order valence-electron chi connectivity index (χ3n) is 4.88. The fourth-order valence-electron chi connectivity index (χ4n) is 3.22. The van der Waals surface area contributed by atoms with E-state index in [2.05, 4.69) is 26.4 Å². The van der Waals surface area contributed by atoms with Gasteiger partial charge in [0.25, 0.3) is 0 Å². The molecule has 0 bridgehead atoms. The first-order valence-electron chi connectivity index (χ1n) is 9.53. The Kier molecular flexibility index (Phi) is 6.04. The van der Waals surface area contributed by atoms with Gasteiger partial charge in [0.15, 0.2) is 0 Å². The number of hydrogen-bond acceptors (Lipinski definition) is 6. The zero-order chi connectivity index (χ0) is 21.0. The molecule has 0 spiro atoms. The maximum Gasteiger partial charge on any atom is 0.243 e. The van der Waals surface area contributed by atoms with E-state index in [0.29, 0.717) is 30.8 Å². The highest BCUT2D eigenvalue weighted by Crippen LogP contribution is 2.25. The van der Waals surface area contributed by atoms with Crippen LogP contribution in [0.5, 0.6) is 0 Å². The van der Waals surface area contributed by atoms with E-state index in [0.717, 1.165) is 28.2 Å². The van der Waals surface area contributed by atoms with Crippen molar-refractivity contribution >= 4 is 21.6 Å². The van der Waals surface area contributed by atoms with Crippen molar-refractivity contribution in [2.45, 2.75) is 24.7 Å². The molecular weight excluding hydrogens is 416 g/mol. The highest BCUT2D eigenvalue weighted by Gasteiger charge is 2.27. The molecular formula is C22H20N4O2S2. The SMILES string of the molecule is Cc1cccc(C#CC=C2CCN(S(=O)(=O)c3ccc(-c4csnn4)cc3)CC2)n1. The third-order valence-corrected chi connectivity index (χ3v) is 7.29. The van der Waals surface area contributed by atoms with Crippen molar-refractivity contribution in [1.29, 1.82) is 0 Å². The van der Waals surface area contributed by atoms with Crippen LogP contribution < -0.4 is 0 Å². The van der Waals surface area contributed by atoms with Gasteiger partial charge in [0.1, 0.15) is 11.4 Å². The molecule has 0 atom stereocenters. The van der Waals surface area contributed by atoms with Crippen molar-refractivity contribution in [2.24, 2.45) is 0 Å². The topological polar surface area (TPSA) is 76.1 Å². The second-order valence-electron chi connectivity index (χ2n) is 6.95. The number of aryl methyl sites for hydroxylation is 1. The van der Waals surface area contributed by atoms with Gasteiger partial charge in [-0.15, -0.1) is 5.10 Å². The molecule has 0 aliphatic carbocycles. The molecule has 3 heterocycles. The van der Waals surface area contributed by atoms with Gasteiger partial charge >= 0.3 is 0 Å². The monoisotopic (exact) mass is 436 g/mol. The van der Waals surface area contributed by atoms with Gasteiger partial charge in [0.05, 0.1) is 4.90 Å².